The first kappa shape index (κ1) is 11.7. The van der Waals surface area contributed by atoms with Gasteiger partial charge in [0.25, 0.3) is 6.43 Å². The Labute approximate surface area is 93.4 Å². The predicted molar refractivity (Wildman–Crippen MR) is 53.0 cm³/mol. The Bertz CT molecular complexity index is 335. The highest BCUT2D eigenvalue weighted by Gasteiger charge is 2.21. The van der Waals surface area contributed by atoms with E-state index in [4.69, 9.17) is 16.3 Å². The van der Waals surface area contributed by atoms with Crippen LogP contribution in [-0.2, 0) is 5.88 Å². The van der Waals surface area contributed by atoms with E-state index < -0.39 is 6.43 Å². The number of rotatable bonds is 3. The van der Waals surface area contributed by atoms with Gasteiger partial charge in [-0.3, -0.25) is 4.98 Å². The minimum atomic E-state index is -2.65. The lowest BCUT2D eigenvalue weighted by molar-refractivity contribution is 0.145. The van der Waals surface area contributed by atoms with E-state index in [1.165, 1.54) is 13.3 Å². The Morgan fingerprint density at radius 3 is 2.71 bits per heavy atom. The molecule has 0 spiro atoms. The Balaban J connectivity index is 3.36. The molecule has 1 heterocycles. The molecule has 0 unspecified atom stereocenters. The molecule has 0 saturated carbocycles. The number of ether oxygens (including phenoxy) is 1. The van der Waals surface area contributed by atoms with Crippen LogP contribution in [0.1, 0.15) is 17.7 Å². The van der Waals surface area contributed by atoms with Gasteiger partial charge < -0.3 is 4.74 Å². The topological polar surface area (TPSA) is 22.1 Å². The molecule has 0 aliphatic carbocycles. The van der Waals surface area contributed by atoms with Crippen molar-refractivity contribution in [1.82, 2.24) is 4.98 Å². The van der Waals surface area contributed by atoms with Gasteiger partial charge in [0.1, 0.15) is 5.75 Å². The molecule has 0 saturated heterocycles. The van der Waals surface area contributed by atoms with E-state index in [0.717, 1.165) is 0 Å². The van der Waals surface area contributed by atoms with E-state index in [0.29, 0.717) is 4.47 Å². The summed E-state index contributed by atoms with van der Waals surface area (Å²) in [4.78, 5) is 3.79. The van der Waals surface area contributed by atoms with Crippen molar-refractivity contribution in [2.75, 3.05) is 7.11 Å². The van der Waals surface area contributed by atoms with Crippen LogP contribution >= 0.6 is 27.5 Å². The molecule has 6 heteroatoms. The van der Waals surface area contributed by atoms with Gasteiger partial charge in [-0.05, 0) is 15.9 Å². The van der Waals surface area contributed by atoms with Gasteiger partial charge in [-0.15, -0.1) is 11.6 Å². The second-order valence-electron chi connectivity index (χ2n) is 2.43. The average Bonchev–Trinajstić information content (AvgIpc) is 2.17. The van der Waals surface area contributed by atoms with Crippen molar-refractivity contribution in [2.24, 2.45) is 0 Å². The van der Waals surface area contributed by atoms with Crippen LogP contribution < -0.4 is 4.74 Å². The van der Waals surface area contributed by atoms with E-state index >= 15 is 0 Å². The minimum Gasteiger partial charge on any atom is -0.495 e. The number of halogens is 4. The standard InChI is InChI=1S/C8H7BrClF2NO/c1-14-7-4(9)3-13-5(2-10)6(7)8(11)12/h3,8H,2H2,1H3. The summed E-state index contributed by atoms with van der Waals surface area (Å²) in [6.07, 6.45) is -1.26. The van der Waals surface area contributed by atoms with Gasteiger partial charge in [0, 0.05) is 6.20 Å². The minimum absolute atomic E-state index is 0.0662. The van der Waals surface area contributed by atoms with E-state index in [1.807, 2.05) is 0 Å². The highest BCUT2D eigenvalue weighted by Crippen LogP contribution is 2.37. The summed E-state index contributed by atoms with van der Waals surface area (Å²) in [6, 6.07) is 0. The summed E-state index contributed by atoms with van der Waals surface area (Å²) in [5, 5.41) is 0. The monoisotopic (exact) mass is 285 g/mol. The lowest BCUT2D eigenvalue weighted by atomic mass is 10.2. The summed E-state index contributed by atoms with van der Waals surface area (Å²) in [7, 11) is 1.32. The van der Waals surface area contributed by atoms with Gasteiger partial charge in [-0.1, -0.05) is 0 Å². The van der Waals surface area contributed by atoms with E-state index in [9.17, 15) is 8.78 Å². The first-order chi connectivity index (χ1) is 6.61. The maximum absolute atomic E-state index is 12.6. The van der Waals surface area contributed by atoms with Crippen LogP contribution in [-0.4, -0.2) is 12.1 Å². The van der Waals surface area contributed by atoms with Gasteiger partial charge in [0.2, 0.25) is 0 Å². The molecule has 0 aliphatic rings. The maximum atomic E-state index is 12.6. The summed E-state index contributed by atoms with van der Waals surface area (Å²) >= 11 is 8.57. The second-order valence-corrected chi connectivity index (χ2v) is 3.56. The van der Waals surface area contributed by atoms with Crippen LogP contribution in [0.4, 0.5) is 8.78 Å². The Morgan fingerprint density at radius 1 is 1.64 bits per heavy atom. The van der Waals surface area contributed by atoms with Gasteiger partial charge in [0.05, 0.1) is 28.7 Å². The van der Waals surface area contributed by atoms with Crippen molar-refractivity contribution in [3.8, 4) is 5.75 Å². The highest BCUT2D eigenvalue weighted by molar-refractivity contribution is 9.10. The first-order valence-corrected chi connectivity index (χ1v) is 5.00. The molecule has 0 fully saturated rings. The number of aromatic nitrogens is 1. The van der Waals surface area contributed by atoms with Crippen molar-refractivity contribution in [2.45, 2.75) is 12.3 Å². The molecule has 0 N–H and O–H groups in total. The molecule has 0 amide bonds. The highest BCUT2D eigenvalue weighted by atomic mass is 79.9. The van der Waals surface area contributed by atoms with Crippen LogP contribution in [0.25, 0.3) is 0 Å². The van der Waals surface area contributed by atoms with Gasteiger partial charge in [0.15, 0.2) is 0 Å². The number of pyridine rings is 1. The number of hydrogen-bond donors (Lipinski definition) is 0. The maximum Gasteiger partial charge on any atom is 0.269 e. The van der Waals surface area contributed by atoms with Gasteiger partial charge in [-0.25, -0.2) is 8.78 Å². The van der Waals surface area contributed by atoms with Crippen molar-refractivity contribution in [1.29, 1.82) is 0 Å². The zero-order valence-corrected chi connectivity index (χ0v) is 9.57. The summed E-state index contributed by atoms with van der Waals surface area (Å²) in [6.45, 7) is 0. The molecular formula is C8H7BrClF2NO. The molecule has 0 aliphatic heterocycles. The molecule has 0 bridgehead atoms. The average molecular weight is 287 g/mol. The van der Waals surface area contributed by atoms with Gasteiger partial charge >= 0.3 is 0 Å². The number of methoxy groups -OCH3 is 1. The number of hydrogen-bond acceptors (Lipinski definition) is 2. The van der Waals surface area contributed by atoms with Crippen LogP contribution in [0.15, 0.2) is 10.7 Å². The lowest BCUT2D eigenvalue weighted by Gasteiger charge is -2.12. The van der Waals surface area contributed by atoms with Crippen LogP contribution in [0.5, 0.6) is 5.75 Å². The van der Waals surface area contributed by atoms with Crippen molar-refractivity contribution >= 4 is 27.5 Å². The fourth-order valence-corrected chi connectivity index (χ4v) is 1.75. The molecule has 78 valence electrons. The van der Waals surface area contributed by atoms with E-state index in [-0.39, 0.29) is 22.9 Å². The van der Waals surface area contributed by atoms with Gasteiger partial charge in [-0.2, -0.15) is 0 Å². The van der Waals surface area contributed by atoms with Crippen LogP contribution in [0, 0.1) is 0 Å². The van der Waals surface area contributed by atoms with Crippen molar-refractivity contribution < 1.29 is 13.5 Å². The Hall–Kier alpha value is -0.420. The molecule has 0 aromatic carbocycles. The summed E-state index contributed by atoms with van der Waals surface area (Å²) in [5.74, 6) is 0.0224. The third kappa shape index (κ3) is 2.15. The first-order valence-electron chi connectivity index (χ1n) is 3.67. The lowest BCUT2D eigenvalue weighted by Crippen LogP contribution is -2.01. The second kappa shape index (κ2) is 4.89. The molecule has 1 rings (SSSR count). The summed E-state index contributed by atoms with van der Waals surface area (Å²) in [5.41, 5.74) is -0.112. The zero-order chi connectivity index (χ0) is 10.7. The normalized spacial score (nSPS) is 10.7. The predicted octanol–water partition coefficient (Wildman–Crippen LogP) is 3.53. The third-order valence-corrected chi connectivity index (χ3v) is 2.47. The van der Waals surface area contributed by atoms with Crippen molar-refractivity contribution in [3.05, 3.63) is 21.9 Å². The molecule has 14 heavy (non-hydrogen) atoms. The SMILES string of the molecule is COc1c(Br)cnc(CCl)c1C(F)F. The fourth-order valence-electron chi connectivity index (χ4n) is 1.06. The fraction of sp³-hybridized carbons (Fsp3) is 0.375. The number of nitrogens with zero attached hydrogens (tertiary/aromatic N) is 1. The Morgan fingerprint density at radius 2 is 2.29 bits per heavy atom. The number of alkyl halides is 3. The van der Waals surface area contributed by atoms with E-state index in [2.05, 4.69) is 20.9 Å². The molecule has 0 radical (unpaired) electrons. The van der Waals surface area contributed by atoms with Crippen molar-refractivity contribution in [3.63, 3.8) is 0 Å². The third-order valence-electron chi connectivity index (χ3n) is 1.66. The largest absolute Gasteiger partial charge is 0.495 e. The van der Waals surface area contributed by atoms with Crippen LogP contribution in [0.3, 0.4) is 0 Å². The quantitative estimate of drug-likeness (QED) is 0.793. The van der Waals surface area contributed by atoms with Crippen LogP contribution in [0.2, 0.25) is 0 Å². The van der Waals surface area contributed by atoms with E-state index in [1.54, 1.807) is 0 Å². The molecular weight excluding hydrogens is 279 g/mol. The Kier molecular flexibility index (Phi) is 4.07. The molecule has 2 nitrogen and oxygen atoms in total. The zero-order valence-electron chi connectivity index (χ0n) is 7.23. The molecule has 0 atom stereocenters. The summed E-state index contributed by atoms with van der Waals surface area (Å²) < 4.78 is 30.5. The smallest absolute Gasteiger partial charge is 0.269 e. The molecule has 1 aromatic heterocycles. The molecule has 1 aromatic rings.